The number of fused-ring (bicyclic) bond motifs is 1. The van der Waals surface area contributed by atoms with Gasteiger partial charge in [-0.25, -0.2) is 4.98 Å². The highest BCUT2D eigenvalue weighted by Gasteiger charge is 2.21. The number of hydrogen-bond donors (Lipinski definition) is 1. The molecule has 168 valence electrons. The first kappa shape index (κ1) is 22.0. The van der Waals surface area contributed by atoms with Crippen LogP contribution in [0.25, 0.3) is 11.0 Å². The predicted octanol–water partition coefficient (Wildman–Crippen LogP) is 2.30. The van der Waals surface area contributed by atoms with Crippen molar-refractivity contribution in [3.63, 3.8) is 0 Å². The van der Waals surface area contributed by atoms with Crippen molar-refractivity contribution in [1.29, 1.82) is 5.26 Å². The third-order valence-corrected chi connectivity index (χ3v) is 5.86. The molecule has 0 spiro atoms. The first-order chi connectivity index (χ1) is 15.9. The lowest BCUT2D eigenvalue weighted by Crippen LogP contribution is -2.27. The first-order valence-electron chi connectivity index (χ1n) is 10.7. The second kappa shape index (κ2) is 9.12. The molecule has 2 heterocycles. The number of likely N-dealkylation sites (tertiary alicyclic amines) is 1. The number of aromatic nitrogens is 2. The molecule has 1 aromatic heterocycles. The Morgan fingerprint density at radius 1 is 1.21 bits per heavy atom. The van der Waals surface area contributed by atoms with Gasteiger partial charge in [0, 0.05) is 44.4 Å². The van der Waals surface area contributed by atoms with Gasteiger partial charge in [0.25, 0.3) is 11.8 Å². The Morgan fingerprint density at radius 2 is 2.03 bits per heavy atom. The van der Waals surface area contributed by atoms with Crippen molar-refractivity contribution >= 4 is 34.4 Å². The highest BCUT2D eigenvalue weighted by molar-refractivity contribution is 6.06. The Morgan fingerprint density at radius 3 is 2.73 bits per heavy atom. The van der Waals surface area contributed by atoms with E-state index in [0.717, 1.165) is 18.5 Å². The number of imidazole rings is 1. The zero-order chi connectivity index (χ0) is 23.5. The van der Waals surface area contributed by atoms with Crippen molar-refractivity contribution in [3.05, 3.63) is 59.4 Å². The van der Waals surface area contributed by atoms with Crippen LogP contribution in [0.2, 0.25) is 0 Å². The zero-order valence-corrected chi connectivity index (χ0v) is 18.3. The van der Waals surface area contributed by atoms with Crippen LogP contribution in [0.15, 0.2) is 42.5 Å². The van der Waals surface area contributed by atoms with Crippen LogP contribution in [0.3, 0.4) is 0 Å². The lowest BCUT2D eigenvalue weighted by Gasteiger charge is -2.18. The van der Waals surface area contributed by atoms with Gasteiger partial charge < -0.3 is 20.1 Å². The van der Waals surface area contributed by atoms with E-state index in [9.17, 15) is 14.4 Å². The SMILES string of the molecule is CN(C(=O)c1cccc(C#N)c1)c1ccc2c(c1)nc(C(N)=O)n2CCCN1CCCC1=O. The molecule has 0 radical (unpaired) electrons. The molecule has 3 aromatic rings. The Kier molecular flexibility index (Phi) is 6.09. The lowest BCUT2D eigenvalue weighted by atomic mass is 10.1. The summed E-state index contributed by atoms with van der Waals surface area (Å²) in [6.45, 7) is 1.88. The number of primary amides is 1. The van der Waals surface area contributed by atoms with Crippen molar-refractivity contribution in [1.82, 2.24) is 14.5 Å². The molecule has 1 aliphatic heterocycles. The Hall–Kier alpha value is -4.19. The van der Waals surface area contributed by atoms with Crippen molar-refractivity contribution < 1.29 is 14.4 Å². The van der Waals surface area contributed by atoms with Crippen LogP contribution in [-0.4, -0.2) is 52.3 Å². The van der Waals surface area contributed by atoms with Crippen LogP contribution in [-0.2, 0) is 11.3 Å². The summed E-state index contributed by atoms with van der Waals surface area (Å²) < 4.78 is 1.76. The van der Waals surface area contributed by atoms with Crippen LogP contribution in [0, 0.1) is 11.3 Å². The fourth-order valence-electron chi connectivity index (χ4n) is 4.13. The van der Waals surface area contributed by atoms with Gasteiger partial charge in [-0.2, -0.15) is 5.26 Å². The smallest absolute Gasteiger partial charge is 0.284 e. The molecule has 0 bridgehead atoms. The monoisotopic (exact) mass is 444 g/mol. The molecular weight excluding hydrogens is 420 g/mol. The van der Waals surface area contributed by atoms with Gasteiger partial charge in [-0.15, -0.1) is 0 Å². The summed E-state index contributed by atoms with van der Waals surface area (Å²) >= 11 is 0. The van der Waals surface area contributed by atoms with Gasteiger partial charge >= 0.3 is 0 Å². The summed E-state index contributed by atoms with van der Waals surface area (Å²) in [5, 5.41) is 9.08. The third kappa shape index (κ3) is 4.41. The van der Waals surface area contributed by atoms with Crippen molar-refractivity contribution in [2.75, 3.05) is 25.0 Å². The molecule has 33 heavy (non-hydrogen) atoms. The van der Waals surface area contributed by atoms with Crippen LogP contribution in [0.5, 0.6) is 0 Å². The molecule has 9 nitrogen and oxygen atoms in total. The van der Waals surface area contributed by atoms with E-state index in [-0.39, 0.29) is 17.6 Å². The first-order valence-corrected chi connectivity index (χ1v) is 10.7. The Balaban J connectivity index is 1.58. The molecule has 2 aromatic carbocycles. The molecular formula is C24H24N6O3. The molecule has 0 unspecified atom stereocenters. The minimum Gasteiger partial charge on any atom is -0.363 e. The zero-order valence-electron chi connectivity index (χ0n) is 18.3. The van der Waals surface area contributed by atoms with E-state index in [4.69, 9.17) is 11.0 Å². The topological polar surface area (TPSA) is 125 Å². The van der Waals surface area contributed by atoms with Gasteiger partial charge in [-0.1, -0.05) is 6.07 Å². The number of amides is 3. The summed E-state index contributed by atoms with van der Waals surface area (Å²) in [6, 6.07) is 13.9. The number of nitriles is 1. The molecule has 4 rings (SSSR count). The fraction of sp³-hybridized carbons (Fsp3) is 0.292. The van der Waals surface area contributed by atoms with Crippen LogP contribution < -0.4 is 10.6 Å². The predicted molar refractivity (Wildman–Crippen MR) is 123 cm³/mol. The second-order valence-corrected chi connectivity index (χ2v) is 8.02. The number of nitrogens with two attached hydrogens (primary N) is 1. The minimum absolute atomic E-state index is 0.144. The largest absolute Gasteiger partial charge is 0.363 e. The summed E-state index contributed by atoms with van der Waals surface area (Å²) in [5.41, 5.74) is 8.24. The molecule has 0 aliphatic carbocycles. The highest BCUT2D eigenvalue weighted by Crippen LogP contribution is 2.24. The quantitative estimate of drug-likeness (QED) is 0.598. The minimum atomic E-state index is -0.636. The number of carbonyl (C=O) groups is 3. The lowest BCUT2D eigenvalue weighted by molar-refractivity contribution is -0.127. The third-order valence-electron chi connectivity index (χ3n) is 5.86. The van der Waals surface area contributed by atoms with E-state index in [2.05, 4.69) is 4.98 Å². The number of rotatable bonds is 7. The summed E-state index contributed by atoms with van der Waals surface area (Å²) in [5.74, 6) is -0.595. The summed E-state index contributed by atoms with van der Waals surface area (Å²) in [4.78, 5) is 44.5. The van der Waals surface area contributed by atoms with Crippen molar-refractivity contribution in [2.24, 2.45) is 5.73 Å². The van der Waals surface area contributed by atoms with Gasteiger partial charge in [0.15, 0.2) is 5.82 Å². The van der Waals surface area contributed by atoms with E-state index >= 15 is 0 Å². The molecule has 1 saturated heterocycles. The molecule has 1 aliphatic rings. The van der Waals surface area contributed by atoms with Crippen molar-refractivity contribution in [3.8, 4) is 6.07 Å². The molecule has 0 saturated carbocycles. The number of aryl methyl sites for hydroxylation is 1. The molecule has 9 heteroatoms. The summed E-state index contributed by atoms with van der Waals surface area (Å²) in [7, 11) is 1.64. The number of hydrogen-bond acceptors (Lipinski definition) is 5. The average Bonchev–Trinajstić information content (AvgIpc) is 3.41. The van der Waals surface area contributed by atoms with E-state index in [1.807, 2.05) is 11.0 Å². The van der Waals surface area contributed by atoms with Crippen LogP contribution >= 0.6 is 0 Å². The number of benzene rings is 2. The Bertz CT molecular complexity index is 1290. The fourth-order valence-corrected chi connectivity index (χ4v) is 4.13. The maximum Gasteiger partial charge on any atom is 0.284 e. The highest BCUT2D eigenvalue weighted by atomic mass is 16.2. The van der Waals surface area contributed by atoms with Gasteiger partial charge in [-0.3, -0.25) is 14.4 Å². The maximum absolute atomic E-state index is 12.9. The molecule has 3 amide bonds. The maximum atomic E-state index is 12.9. The van der Waals surface area contributed by atoms with Gasteiger partial charge in [0.05, 0.1) is 22.7 Å². The number of carbonyl (C=O) groups excluding carboxylic acids is 3. The standard InChI is InChI=1S/C24H24N6O3/c1-28(24(33)17-6-2-5-16(13-17)15-25)18-8-9-20-19(14-18)27-23(22(26)32)30(20)12-4-11-29-10-3-7-21(29)31/h2,5-6,8-9,13-14H,3-4,7,10-12H2,1H3,(H2,26,32). The molecule has 2 N–H and O–H groups in total. The normalized spacial score (nSPS) is 13.3. The van der Waals surface area contributed by atoms with Gasteiger partial charge in [0.2, 0.25) is 5.91 Å². The van der Waals surface area contributed by atoms with E-state index < -0.39 is 5.91 Å². The van der Waals surface area contributed by atoms with Gasteiger partial charge in [-0.05, 0) is 49.2 Å². The van der Waals surface area contributed by atoms with E-state index in [1.54, 1.807) is 54.1 Å². The molecule has 1 fully saturated rings. The number of nitrogens with zero attached hydrogens (tertiary/aromatic N) is 5. The summed E-state index contributed by atoms with van der Waals surface area (Å²) in [6.07, 6.45) is 2.15. The molecule has 0 atom stereocenters. The van der Waals surface area contributed by atoms with E-state index in [1.165, 1.54) is 4.90 Å². The Labute approximate surface area is 191 Å². The van der Waals surface area contributed by atoms with E-state index in [0.29, 0.717) is 48.3 Å². The van der Waals surface area contributed by atoms with Crippen LogP contribution in [0.4, 0.5) is 5.69 Å². The van der Waals surface area contributed by atoms with Gasteiger partial charge in [0.1, 0.15) is 0 Å². The second-order valence-electron chi connectivity index (χ2n) is 8.02. The van der Waals surface area contributed by atoms with Crippen molar-refractivity contribution in [2.45, 2.75) is 25.8 Å². The number of anilines is 1. The average molecular weight is 444 g/mol. The van der Waals surface area contributed by atoms with Crippen LogP contribution in [0.1, 0.15) is 45.8 Å².